The molecular weight excluding hydrogens is 232 g/mol. The van der Waals surface area contributed by atoms with Crippen molar-refractivity contribution < 1.29 is 19.1 Å². The zero-order valence-corrected chi connectivity index (χ0v) is 10.5. The van der Waals surface area contributed by atoms with Gasteiger partial charge in [-0.25, -0.2) is 0 Å². The van der Waals surface area contributed by atoms with E-state index >= 15 is 0 Å². The van der Waals surface area contributed by atoms with Crippen molar-refractivity contribution in [3.05, 3.63) is 0 Å². The Morgan fingerprint density at radius 2 is 1.50 bits per heavy atom. The Balaban J connectivity index is 2.83. The first-order valence-corrected chi connectivity index (χ1v) is 5.74. The third-order valence-corrected chi connectivity index (χ3v) is 3.82. The predicted molar refractivity (Wildman–Crippen MR) is 59.1 cm³/mol. The Morgan fingerprint density at radius 3 is 1.94 bits per heavy atom. The van der Waals surface area contributed by atoms with Gasteiger partial charge in [-0.15, -0.1) is 11.6 Å². The third-order valence-electron chi connectivity index (χ3n) is 3.22. The SMILES string of the molecule is COC(=O)C1CC(C)C(Cl)CC1C(=O)OC. The average Bonchev–Trinajstić information content (AvgIpc) is 2.30. The molecule has 0 aromatic rings. The average molecular weight is 249 g/mol. The second kappa shape index (κ2) is 5.53. The van der Waals surface area contributed by atoms with Crippen LogP contribution in [-0.2, 0) is 19.1 Å². The molecule has 1 saturated carbocycles. The highest BCUT2D eigenvalue weighted by Crippen LogP contribution is 2.38. The molecule has 1 rings (SSSR count). The fourth-order valence-corrected chi connectivity index (χ4v) is 2.47. The first-order valence-electron chi connectivity index (χ1n) is 5.31. The zero-order chi connectivity index (χ0) is 12.3. The van der Waals surface area contributed by atoms with Crippen molar-refractivity contribution in [2.75, 3.05) is 14.2 Å². The summed E-state index contributed by atoms with van der Waals surface area (Å²) in [4.78, 5) is 23.1. The van der Waals surface area contributed by atoms with Crippen molar-refractivity contribution in [1.82, 2.24) is 0 Å². The van der Waals surface area contributed by atoms with Crippen molar-refractivity contribution in [1.29, 1.82) is 0 Å². The number of ether oxygens (including phenoxy) is 2. The number of rotatable bonds is 2. The fraction of sp³-hybridized carbons (Fsp3) is 0.818. The van der Waals surface area contributed by atoms with Crippen LogP contribution in [0.15, 0.2) is 0 Å². The fourth-order valence-electron chi connectivity index (χ4n) is 2.18. The van der Waals surface area contributed by atoms with E-state index in [-0.39, 0.29) is 23.2 Å². The molecule has 0 heterocycles. The molecule has 0 radical (unpaired) electrons. The molecule has 0 spiro atoms. The molecule has 4 atom stereocenters. The van der Waals surface area contributed by atoms with E-state index in [1.54, 1.807) is 0 Å². The maximum atomic E-state index is 11.6. The topological polar surface area (TPSA) is 52.6 Å². The van der Waals surface area contributed by atoms with E-state index in [9.17, 15) is 9.59 Å². The summed E-state index contributed by atoms with van der Waals surface area (Å²) >= 11 is 6.12. The van der Waals surface area contributed by atoms with Gasteiger partial charge in [-0.2, -0.15) is 0 Å². The summed E-state index contributed by atoms with van der Waals surface area (Å²) in [7, 11) is 2.64. The molecule has 5 heteroatoms. The van der Waals surface area contributed by atoms with Gasteiger partial charge in [0.15, 0.2) is 0 Å². The number of methoxy groups -OCH3 is 2. The summed E-state index contributed by atoms with van der Waals surface area (Å²) in [6, 6.07) is 0. The van der Waals surface area contributed by atoms with Gasteiger partial charge in [-0.1, -0.05) is 6.92 Å². The number of hydrogen-bond donors (Lipinski definition) is 0. The van der Waals surface area contributed by atoms with Crippen LogP contribution in [0, 0.1) is 17.8 Å². The monoisotopic (exact) mass is 248 g/mol. The number of esters is 2. The van der Waals surface area contributed by atoms with Gasteiger partial charge in [0.2, 0.25) is 0 Å². The molecule has 1 aliphatic rings. The second-order valence-corrected chi connectivity index (χ2v) is 4.78. The van der Waals surface area contributed by atoms with Gasteiger partial charge in [0.1, 0.15) is 0 Å². The number of halogens is 1. The molecule has 0 aromatic carbocycles. The van der Waals surface area contributed by atoms with Crippen molar-refractivity contribution in [3.8, 4) is 0 Å². The first-order chi connectivity index (χ1) is 7.51. The summed E-state index contributed by atoms with van der Waals surface area (Å²) in [5.41, 5.74) is 0. The smallest absolute Gasteiger partial charge is 0.309 e. The van der Waals surface area contributed by atoms with Gasteiger partial charge in [0, 0.05) is 5.38 Å². The molecule has 4 unspecified atom stereocenters. The number of hydrogen-bond acceptors (Lipinski definition) is 4. The van der Waals surface area contributed by atoms with Crippen molar-refractivity contribution >= 4 is 23.5 Å². The van der Waals surface area contributed by atoms with E-state index in [1.165, 1.54) is 14.2 Å². The molecule has 16 heavy (non-hydrogen) atoms. The normalized spacial score (nSPS) is 34.2. The highest BCUT2D eigenvalue weighted by Gasteiger charge is 2.43. The largest absolute Gasteiger partial charge is 0.469 e. The molecule has 4 nitrogen and oxygen atoms in total. The predicted octanol–water partition coefficient (Wildman–Crippen LogP) is 1.60. The van der Waals surface area contributed by atoms with Gasteiger partial charge < -0.3 is 9.47 Å². The summed E-state index contributed by atoms with van der Waals surface area (Å²) in [5.74, 6) is -1.44. The lowest BCUT2D eigenvalue weighted by Gasteiger charge is -2.34. The van der Waals surface area contributed by atoms with Crippen LogP contribution in [0.5, 0.6) is 0 Å². The van der Waals surface area contributed by atoms with Crippen LogP contribution in [0.3, 0.4) is 0 Å². The van der Waals surface area contributed by atoms with Crippen molar-refractivity contribution in [2.24, 2.45) is 17.8 Å². The summed E-state index contributed by atoms with van der Waals surface area (Å²) in [6.45, 7) is 1.97. The minimum absolute atomic E-state index is 0.0926. The standard InChI is InChI=1S/C11H17ClO4/c1-6-4-7(10(13)15-2)8(5-9(6)12)11(14)16-3/h6-9H,4-5H2,1-3H3. The lowest BCUT2D eigenvalue weighted by molar-refractivity contribution is -0.160. The van der Waals surface area contributed by atoms with Crippen molar-refractivity contribution in [3.63, 3.8) is 0 Å². The van der Waals surface area contributed by atoms with E-state index in [4.69, 9.17) is 21.1 Å². The summed E-state index contributed by atoms with van der Waals surface area (Å²) in [5, 5.41) is -0.0926. The summed E-state index contributed by atoms with van der Waals surface area (Å²) < 4.78 is 9.40. The summed E-state index contributed by atoms with van der Waals surface area (Å²) in [6.07, 6.45) is 1.04. The maximum Gasteiger partial charge on any atom is 0.309 e. The van der Waals surface area contributed by atoms with Gasteiger partial charge in [-0.3, -0.25) is 9.59 Å². The highest BCUT2D eigenvalue weighted by molar-refractivity contribution is 6.21. The van der Waals surface area contributed by atoms with Gasteiger partial charge in [0.25, 0.3) is 0 Å². The van der Waals surface area contributed by atoms with Gasteiger partial charge in [0.05, 0.1) is 26.1 Å². The Hall–Kier alpha value is -0.770. The third kappa shape index (κ3) is 2.67. The van der Waals surface area contributed by atoms with Crippen LogP contribution >= 0.6 is 11.6 Å². The van der Waals surface area contributed by atoms with Crippen LogP contribution in [0.2, 0.25) is 0 Å². The Labute approximate surface area is 100 Å². The molecule has 1 aliphatic carbocycles. The first kappa shape index (κ1) is 13.3. The van der Waals surface area contributed by atoms with E-state index < -0.39 is 11.8 Å². The highest BCUT2D eigenvalue weighted by atomic mass is 35.5. The molecule has 92 valence electrons. The molecule has 0 aromatic heterocycles. The van der Waals surface area contributed by atoms with E-state index in [0.717, 1.165) is 0 Å². The lowest BCUT2D eigenvalue weighted by atomic mass is 9.74. The van der Waals surface area contributed by atoms with Crippen LogP contribution in [0.25, 0.3) is 0 Å². The maximum absolute atomic E-state index is 11.6. The van der Waals surface area contributed by atoms with E-state index in [2.05, 4.69) is 0 Å². The Kier molecular flexibility index (Phi) is 4.59. The van der Waals surface area contributed by atoms with Crippen LogP contribution in [-0.4, -0.2) is 31.5 Å². The van der Waals surface area contributed by atoms with Gasteiger partial charge in [-0.05, 0) is 18.8 Å². The molecule has 0 N–H and O–H groups in total. The minimum Gasteiger partial charge on any atom is -0.469 e. The van der Waals surface area contributed by atoms with Crippen LogP contribution < -0.4 is 0 Å². The van der Waals surface area contributed by atoms with E-state index in [0.29, 0.717) is 12.8 Å². The number of alkyl halides is 1. The quantitative estimate of drug-likeness (QED) is 0.550. The molecule has 0 saturated heterocycles. The van der Waals surface area contributed by atoms with E-state index in [1.807, 2.05) is 6.92 Å². The van der Waals surface area contributed by atoms with Crippen molar-refractivity contribution in [2.45, 2.75) is 25.1 Å². The Morgan fingerprint density at radius 1 is 1.06 bits per heavy atom. The molecule has 0 bridgehead atoms. The van der Waals surface area contributed by atoms with Crippen LogP contribution in [0.1, 0.15) is 19.8 Å². The Bertz CT molecular complexity index is 251. The molecule has 0 amide bonds. The lowest BCUT2D eigenvalue weighted by Crippen LogP contribution is -2.40. The number of carbonyl (C=O) groups is 2. The van der Waals surface area contributed by atoms with Crippen LogP contribution in [0.4, 0.5) is 0 Å². The second-order valence-electron chi connectivity index (χ2n) is 4.22. The minimum atomic E-state index is -0.476. The zero-order valence-electron chi connectivity index (χ0n) is 9.73. The molecule has 0 aliphatic heterocycles. The molecular formula is C11H17ClO4. The molecule has 1 fully saturated rings. The van der Waals surface area contributed by atoms with Gasteiger partial charge >= 0.3 is 11.9 Å². The number of carbonyl (C=O) groups excluding carboxylic acids is 2.